The Morgan fingerprint density at radius 3 is 3.07 bits per heavy atom. The highest BCUT2D eigenvalue weighted by molar-refractivity contribution is 9.10. The Bertz CT molecular complexity index is 574. The summed E-state index contributed by atoms with van der Waals surface area (Å²) >= 11 is 3.37. The van der Waals surface area contributed by atoms with E-state index in [-0.39, 0.29) is 0 Å². The van der Waals surface area contributed by atoms with Crippen LogP contribution in [0.15, 0.2) is 25.8 Å². The lowest BCUT2D eigenvalue weighted by atomic mass is 10.1. The van der Waals surface area contributed by atoms with E-state index < -0.39 is 5.76 Å². The molecule has 0 bridgehead atoms. The molecule has 1 aromatic heterocycles. The van der Waals surface area contributed by atoms with E-state index in [1.165, 1.54) is 0 Å². The lowest BCUT2D eigenvalue weighted by Gasteiger charge is -1.99. The highest BCUT2D eigenvalue weighted by atomic mass is 79.9. The molecule has 0 radical (unpaired) electrons. The van der Waals surface area contributed by atoms with Gasteiger partial charge in [-0.3, -0.25) is 4.98 Å². The zero-order valence-corrected chi connectivity index (χ0v) is 8.72. The predicted molar refractivity (Wildman–Crippen MR) is 57.1 cm³/mol. The fraction of sp³-hybridized carbons (Fsp3) is 0.100. The quantitative estimate of drug-likeness (QED) is 0.789. The minimum atomic E-state index is -0.462. The van der Waals surface area contributed by atoms with Gasteiger partial charge in [0, 0.05) is 16.5 Å². The minimum Gasteiger partial charge on any atom is -0.408 e. The van der Waals surface area contributed by atoms with Crippen molar-refractivity contribution >= 4 is 27.0 Å². The first-order valence-corrected chi connectivity index (χ1v) is 4.75. The van der Waals surface area contributed by atoms with Gasteiger partial charge in [-0.25, -0.2) is 4.79 Å². The van der Waals surface area contributed by atoms with E-state index in [4.69, 9.17) is 10.8 Å². The van der Waals surface area contributed by atoms with Gasteiger partial charge in [0.25, 0.3) is 0 Å². The predicted octanol–water partition coefficient (Wildman–Crippen LogP) is 2.06. The fourth-order valence-corrected chi connectivity index (χ4v) is 1.80. The number of benzene rings is 1. The number of hydrogen-bond donors (Lipinski definition) is 1. The number of halogens is 1. The Morgan fingerprint density at radius 2 is 2.36 bits per heavy atom. The summed E-state index contributed by atoms with van der Waals surface area (Å²) in [5.74, 6) is 2.07. The van der Waals surface area contributed by atoms with Gasteiger partial charge in [-0.05, 0) is 12.1 Å². The molecule has 0 aliphatic heterocycles. The fourth-order valence-electron chi connectivity index (χ4n) is 1.33. The van der Waals surface area contributed by atoms with E-state index in [1.54, 1.807) is 6.07 Å². The molecule has 0 aliphatic carbocycles. The maximum absolute atomic E-state index is 11.0. The average molecular weight is 252 g/mol. The van der Waals surface area contributed by atoms with E-state index in [0.29, 0.717) is 17.5 Å². The molecular weight excluding hydrogens is 246 g/mol. The van der Waals surface area contributed by atoms with Gasteiger partial charge in [0.05, 0.1) is 5.52 Å². The number of rotatable bonds is 1. The summed E-state index contributed by atoms with van der Waals surface area (Å²) in [6.45, 7) is 0. The molecule has 14 heavy (non-hydrogen) atoms. The van der Waals surface area contributed by atoms with E-state index in [2.05, 4.69) is 26.8 Å². The second kappa shape index (κ2) is 3.35. The SMILES string of the molecule is C#CCc1c(Br)ccc2oc(=O)[nH]c12. The summed E-state index contributed by atoms with van der Waals surface area (Å²) in [6, 6.07) is 3.53. The van der Waals surface area contributed by atoms with Crippen molar-refractivity contribution in [3.8, 4) is 12.3 Å². The van der Waals surface area contributed by atoms with Gasteiger partial charge < -0.3 is 4.42 Å². The number of aromatic amines is 1. The van der Waals surface area contributed by atoms with Gasteiger partial charge in [0.1, 0.15) is 0 Å². The molecule has 3 nitrogen and oxygen atoms in total. The number of hydrogen-bond acceptors (Lipinski definition) is 2. The molecule has 0 amide bonds. The summed E-state index contributed by atoms with van der Waals surface area (Å²) < 4.78 is 5.78. The van der Waals surface area contributed by atoms with Crippen molar-refractivity contribution in [2.24, 2.45) is 0 Å². The van der Waals surface area contributed by atoms with Gasteiger partial charge in [0.2, 0.25) is 0 Å². The Balaban J connectivity index is 2.83. The van der Waals surface area contributed by atoms with Crippen LogP contribution in [0.1, 0.15) is 5.56 Å². The highest BCUT2D eigenvalue weighted by Gasteiger charge is 2.08. The Labute approximate surface area is 88.3 Å². The molecule has 0 unspecified atom stereocenters. The Morgan fingerprint density at radius 1 is 1.57 bits per heavy atom. The van der Waals surface area contributed by atoms with Crippen LogP contribution >= 0.6 is 15.9 Å². The monoisotopic (exact) mass is 251 g/mol. The van der Waals surface area contributed by atoms with Gasteiger partial charge >= 0.3 is 5.76 Å². The number of oxazole rings is 1. The molecule has 1 aromatic carbocycles. The van der Waals surface area contributed by atoms with Crippen molar-refractivity contribution in [3.05, 3.63) is 32.7 Å². The number of aromatic nitrogens is 1. The average Bonchev–Trinajstić information content (AvgIpc) is 2.51. The third-order valence-electron chi connectivity index (χ3n) is 1.93. The Kier molecular flexibility index (Phi) is 2.18. The van der Waals surface area contributed by atoms with Gasteiger partial charge in [-0.15, -0.1) is 12.3 Å². The van der Waals surface area contributed by atoms with Crippen LogP contribution in [0.25, 0.3) is 11.1 Å². The van der Waals surface area contributed by atoms with Crippen molar-refractivity contribution in [1.29, 1.82) is 0 Å². The van der Waals surface area contributed by atoms with Crippen LogP contribution in [0, 0.1) is 12.3 Å². The molecule has 2 rings (SSSR count). The van der Waals surface area contributed by atoms with Crippen LogP contribution in [0.3, 0.4) is 0 Å². The van der Waals surface area contributed by atoms with Crippen molar-refractivity contribution in [2.45, 2.75) is 6.42 Å². The standard InChI is InChI=1S/C10H6BrNO2/c1-2-3-6-7(11)4-5-8-9(6)12-10(13)14-8/h1,4-5H,3H2,(H,12,13). The molecule has 70 valence electrons. The minimum absolute atomic E-state index is 0.452. The maximum Gasteiger partial charge on any atom is 0.417 e. The van der Waals surface area contributed by atoms with Crippen molar-refractivity contribution in [2.75, 3.05) is 0 Å². The molecule has 0 spiro atoms. The van der Waals surface area contributed by atoms with Crippen LogP contribution in [0.4, 0.5) is 0 Å². The highest BCUT2D eigenvalue weighted by Crippen LogP contribution is 2.24. The summed E-state index contributed by atoms with van der Waals surface area (Å²) in [5, 5.41) is 0. The van der Waals surface area contributed by atoms with Crippen LogP contribution in [-0.4, -0.2) is 4.98 Å². The first kappa shape index (κ1) is 9.10. The molecule has 0 saturated carbocycles. The van der Waals surface area contributed by atoms with Gasteiger partial charge in [0.15, 0.2) is 5.58 Å². The largest absolute Gasteiger partial charge is 0.417 e. The Hall–Kier alpha value is -1.47. The third-order valence-corrected chi connectivity index (χ3v) is 2.67. The van der Waals surface area contributed by atoms with E-state index in [0.717, 1.165) is 10.0 Å². The molecule has 4 heteroatoms. The lowest BCUT2D eigenvalue weighted by Crippen LogP contribution is -1.94. The van der Waals surface area contributed by atoms with E-state index in [9.17, 15) is 4.79 Å². The molecule has 0 atom stereocenters. The molecule has 2 aromatic rings. The summed E-state index contributed by atoms with van der Waals surface area (Å²) in [5.41, 5.74) is 2.07. The van der Waals surface area contributed by atoms with Gasteiger partial charge in [-0.1, -0.05) is 15.9 Å². The molecule has 0 saturated heterocycles. The molecule has 1 heterocycles. The maximum atomic E-state index is 11.0. The number of fused-ring (bicyclic) bond motifs is 1. The topological polar surface area (TPSA) is 46.0 Å². The second-order valence-corrected chi connectivity index (χ2v) is 3.65. The molecular formula is C10H6BrNO2. The number of H-pyrrole nitrogens is 1. The van der Waals surface area contributed by atoms with Gasteiger partial charge in [-0.2, -0.15) is 0 Å². The van der Waals surface area contributed by atoms with Crippen molar-refractivity contribution in [3.63, 3.8) is 0 Å². The molecule has 0 fully saturated rings. The smallest absolute Gasteiger partial charge is 0.408 e. The van der Waals surface area contributed by atoms with E-state index in [1.807, 2.05) is 6.07 Å². The van der Waals surface area contributed by atoms with Crippen molar-refractivity contribution in [1.82, 2.24) is 4.98 Å². The summed E-state index contributed by atoms with van der Waals surface area (Å²) in [6.07, 6.45) is 5.69. The zero-order valence-electron chi connectivity index (χ0n) is 7.13. The van der Waals surface area contributed by atoms with E-state index >= 15 is 0 Å². The molecule has 1 N–H and O–H groups in total. The second-order valence-electron chi connectivity index (χ2n) is 2.79. The number of terminal acetylenes is 1. The van der Waals surface area contributed by atoms with Crippen LogP contribution in [0.2, 0.25) is 0 Å². The zero-order chi connectivity index (χ0) is 10.1. The van der Waals surface area contributed by atoms with Crippen LogP contribution in [-0.2, 0) is 6.42 Å². The number of nitrogens with one attached hydrogen (secondary N) is 1. The van der Waals surface area contributed by atoms with Crippen molar-refractivity contribution < 1.29 is 4.42 Å². The van der Waals surface area contributed by atoms with Crippen LogP contribution in [0.5, 0.6) is 0 Å². The summed E-state index contributed by atoms with van der Waals surface area (Å²) in [7, 11) is 0. The summed E-state index contributed by atoms with van der Waals surface area (Å²) in [4.78, 5) is 13.6. The normalized spacial score (nSPS) is 10.3. The first-order valence-electron chi connectivity index (χ1n) is 3.96. The third kappa shape index (κ3) is 1.36. The lowest BCUT2D eigenvalue weighted by molar-refractivity contribution is 0.555. The van der Waals surface area contributed by atoms with Crippen LogP contribution < -0.4 is 5.76 Å². The molecule has 0 aliphatic rings. The first-order chi connectivity index (χ1) is 6.72.